The molecule has 0 unspecified atom stereocenters. The number of nitrogens with zero attached hydrogens (tertiary/aromatic N) is 4. The van der Waals surface area contributed by atoms with Crippen LogP contribution >= 0.6 is 0 Å². The lowest BCUT2D eigenvalue weighted by Gasteiger charge is -2.18. The number of sulfone groups is 1. The lowest BCUT2D eigenvalue weighted by atomic mass is 10.1. The van der Waals surface area contributed by atoms with Crippen molar-refractivity contribution in [2.24, 2.45) is 5.16 Å². The predicted molar refractivity (Wildman–Crippen MR) is 145 cm³/mol. The summed E-state index contributed by atoms with van der Waals surface area (Å²) >= 11 is 0. The van der Waals surface area contributed by atoms with Crippen molar-refractivity contribution in [1.29, 1.82) is 0 Å². The summed E-state index contributed by atoms with van der Waals surface area (Å²) in [6, 6.07) is 14.4. The zero-order valence-corrected chi connectivity index (χ0v) is 22.6. The summed E-state index contributed by atoms with van der Waals surface area (Å²) in [5.41, 5.74) is 2.44. The standard InChI is InChI=1S/C28H26F2N4O5S/c1-38-13-3-12-33-25-15-20(30)6-10-23(25)31-26(33)16-34-24-11-7-19(29)14-22(24)27(28(34)35)32-39-17-18-4-8-21(9-5-18)40(2,36)37/h4-11,14-15H,3,12-13,16-17H2,1-2H3. The van der Waals surface area contributed by atoms with E-state index in [2.05, 4.69) is 10.1 Å². The Morgan fingerprint density at radius 3 is 2.45 bits per heavy atom. The van der Waals surface area contributed by atoms with Gasteiger partial charge in [-0.25, -0.2) is 22.2 Å². The predicted octanol–water partition coefficient (Wildman–Crippen LogP) is 4.22. The highest BCUT2D eigenvalue weighted by molar-refractivity contribution is 7.90. The number of fused-ring (bicyclic) bond motifs is 2. The molecule has 5 rings (SSSR count). The van der Waals surface area contributed by atoms with Gasteiger partial charge in [0.15, 0.2) is 15.5 Å². The number of oxime groups is 1. The van der Waals surface area contributed by atoms with Gasteiger partial charge in [0.05, 0.1) is 28.2 Å². The summed E-state index contributed by atoms with van der Waals surface area (Å²) in [7, 11) is -1.74. The van der Waals surface area contributed by atoms with Gasteiger partial charge in [-0.15, -0.1) is 0 Å². The minimum absolute atomic E-state index is 0.0344. The molecular weight excluding hydrogens is 542 g/mol. The molecule has 0 fully saturated rings. The number of aryl methyl sites for hydroxylation is 1. The summed E-state index contributed by atoms with van der Waals surface area (Å²) in [5.74, 6) is -0.926. The number of benzene rings is 3. The first-order valence-corrected chi connectivity index (χ1v) is 14.3. The molecule has 0 aliphatic carbocycles. The number of halogens is 2. The molecule has 40 heavy (non-hydrogen) atoms. The Hall–Kier alpha value is -4.16. The van der Waals surface area contributed by atoms with E-state index in [1.54, 1.807) is 25.3 Å². The fourth-order valence-electron chi connectivity index (χ4n) is 4.56. The van der Waals surface area contributed by atoms with Crippen LogP contribution in [0.1, 0.15) is 23.4 Å². The second kappa shape index (κ2) is 11.1. The van der Waals surface area contributed by atoms with E-state index >= 15 is 0 Å². The van der Waals surface area contributed by atoms with Crippen molar-refractivity contribution in [3.8, 4) is 0 Å². The highest BCUT2D eigenvalue weighted by Crippen LogP contribution is 2.32. The lowest BCUT2D eigenvalue weighted by molar-refractivity contribution is -0.112. The van der Waals surface area contributed by atoms with E-state index in [9.17, 15) is 22.0 Å². The van der Waals surface area contributed by atoms with E-state index in [1.807, 2.05) is 4.57 Å². The number of methoxy groups -OCH3 is 1. The molecule has 4 aromatic rings. The molecule has 9 nitrogen and oxygen atoms in total. The molecule has 0 saturated carbocycles. The molecule has 0 atom stereocenters. The van der Waals surface area contributed by atoms with Crippen LogP contribution in [-0.2, 0) is 43.9 Å². The third kappa shape index (κ3) is 5.58. The summed E-state index contributed by atoms with van der Waals surface area (Å²) < 4.78 is 58.6. The molecule has 0 radical (unpaired) electrons. The van der Waals surface area contributed by atoms with Crippen LogP contribution in [0, 0.1) is 11.6 Å². The van der Waals surface area contributed by atoms with Gasteiger partial charge in [0, 0.05) is 32.1 Å². The van der Waals surface area contributed by atoms with Crippen LogP contribution in [0.25, 0.3) is 11.0 Å². The van der Waals surface area contributed by atoms with Gasteiger partial charge in [-0.05, 0) is 60.5 Å². The average molecular weight is 569 g/mol. The molecule has 1 amide bonds. The second-order valence-electron chi connectivity index (χ2n) is 9.34. The van der Waals surface area contributed by atoms with Crippen LogP contribution in [0.15, 0.2) is 70.7 Å². The first kappa shape index (κ1) is 27.4. The van der Waals surface area contributed by atoms with Gasteiger partial charge in [0.1, 0.15) is 24.1 Å². The molecule has 3 aromatic carbocycles. The second-order valence-corrected chi connectivity index (χ2v) is 11.4. The molecule has 12 heteroatoms. The normalized spacial score (nSPS) is 14.3. The molecule has 2 heterocycles. The monoisotopic (exact) mass is 568 g/mol. The number of anilines is 1. The van der Waals surface area contributed by atoms with Gasteiger partial charge < -0.3 is 14.1 Å². The van der Waals surface area contributed by atoms with Crippen LogP contribution in [0.4, 0.5) is 14.5 Å². The van der Waals surface area contributed by atoms with Crippen molar-refractivity contribution in [3.63, 3.8) is 0 Å². The van der Waals surface area contributed by atoms with Crippen LogP contribution in [0.5, 0.6) is 0 Å². The van der Waals surface area contributed by atoms with Crippen molar-refractivity contribution in [1.82, 2.24) is 9.55 Å². The number of carbonyl (C=O) groups is 1. The molecule has 1 aromatic heterocycles. The molecule has 0 N–H and O–H groups in total. The third-order valence-electron chi connectivity index (χ3n) is 6.51. The Bertz CT molecular complexity index is 1720. The summed E-state index contributed by atoms with van der Waals surface area (Å²) in [5, 5.41) is 4.03. The maximum Gasteiger partial charge on any atom is 0.281 e. The Balaban J connectivity index is 1.42. The minimum atomic E-state index is -3.34. The van der Waals surface area contributed by atoms with Gasteiger partial charge in [0.25, 0.3) is 5.91 Å². The Kier molecular flexibility index (Phi) is 7.63. The van der Waals surface area contributed by atoms with Crippen LogP contribution in [-0.4, -0.2) is 49.6 Å². The number of ether oxygens (including phenoxy) is 1. The first-order valence-electron chi connectivity index (χ1n) is 12.4. The van der Waals surface area contributed by atoms with Crippen molar-refractivity contribution in [3.05, 3.63) is 89.2 Å². The van der Waals surface area contributed by atoms with Crippen molar-refractivity contribution in [2.75, 3.05) is 24.9 Å². The van der Waals surface area contributed by atoms with E-state index in [4.69, 9.17) is 9.57 Å². The first-order chi connectivity index (χ1) is 19.2. The Morgan fingerprint density at radius 2 is 1.73 bits per heavy atom. The van der Waals surface area contributed by atoms with E-state index in [-0.39, 0.29) is 29.3 Å². The number of imidazole rings is 1. The van der Waals surface area contributed by atoms with Crippen molar-refractivity contribution < 1.29 is 31.6 Å². The smallest absolute Gasteiger partial charge is 0.281 e. The summed E-state index contributed by atoms with van der Waals surface area (Å²) in [4.78, 5) is 25.2. The van der Waals surface area contributed by atoms with Crippen molar-refractivity contribution >= 4 is 38.2 Å². The highest BCUT2D eigenvalue weighted by Gasteiger charge is 2.36. The number of aromatic nitrogens is 2. The maximum atomic E-state index is 14.2. The van der Waals surface area contributed by atoms with Gasteiger partial charge in [0.2, 0.25) is 0 Å². The topological polar surface area (TPSA) is 103 Å². The maximum absolute atomic E-state index is 14.2. The molecular formula is C28H26F2N4O5S. The molecule has 208 valence electrons. The fourth-order valence-corrected chi connectivity index (χ4v) is 5.19. The van der Waals surface area contributed by atoms with Crippen LogP contribution in [0.3, 0.4) is 0 Å². The van der Waals surface area contributed by atoms with Crippen LogP contribution < -0.4 is 4.90 Å². The quantitative estimate of drug-likeness (QED) is 0.210. The number of carbonyl (C=O) groups excluding carboxylic acids is 1. The molecule has 0 bridgehead atoms. The summed E-state index contributed by atoms with van der Waals surface area (Å²) in [6.07, 6.45) is 1.76. The fraction of sp³-hybridized carbons (Fsp3) is 0.250. The van der Waals surface area contributed by atoms with Crippen LogP contribution in [0.2, 0.25) is 0 Å². The lowest BCUT2D eigenvalue weighted by Crippen LogP contribution is -2.31. The largest absolute Gasteiger partial charge is 0.390 e. The minimum Gasteiger partial charge on any atom is -0.390 e. The average Bonchev–Trinajstić information content (AvgIpc) is 3.38. The number of hydrogen-bond donors (Lipinski definition) is 0. The molecule has 1 aliphatic rings. The van der Waals surface area contributed by atoms with Gasteiger partial charge in [-0.3, -0.25) is 9.69 Å². The Labute approximate surface area is 229 Å². The summed E-state index contributed by atoms with van der Waals surface area (Å²) in [6.45, 7) is 0.979. The molecule has 1 aliphatic heterocycles. The van der Waals surface area contributed by atoms with Gasteiger partial charge in [-0.2, -0.15) is 0 Å². The van der Waals surface area contributed by atoms with E-state index in [0.717, 1.165) is 6.26 Å². The number of hydrogen-bond acceptors (Lipinski definition) is 7. The van der Waals surface area contributed by atoms with E-state index < -0.39 is 27.4 Å². The molecule has 0 spiro atoms. The van der Waals surface area contributed by atoms with Gasteiger partial charge >= 0.3 is 0 Å². The molecule has 0 saturated heterocycles. The van der Waals surface area contributed by atoms with Crippen molar-refractivity contribution in [2.45, 2.75) is 31.0 Å². The van der Waals surface area contributed by atoms with E-state index in [0.29, 0.717) is 47.7 Å². The zero-order chi connectivity index (χ0) is 28.4. The number of rotatable bonds is 10. The van der Waals surface area contributed by atoms with E-state index in [1.165, 1.54) is 47.4 Å². The zero-order valence-electron chi connectivity index (χ0n) is 21.8. The number of amides is 1. The Morgan fingerprint density at radius 1 is 1.00 bits per heavy atom. The third-order valence-corrected chi connectivity index (χ3v) is 7.64. The van der Waals surface area contributed by atoms with Gasteiger partial charge in [-0.1, -0.05) is 17.3 Å². The highest BCUT2D eigenvalue weighted by atomic mass is 32.2. The SMILES string of the molecule is COCCCn1c(CN2C(=O)C(=NOCc3ccc(S(C)(=O)=O)cc3)c3cc(F)ccc32)nc2ccc(F)cc21.